The highest BCUT2D eigenvalue weighted by Crippen LogP contribution is 2.20. The molecule has 4 unspecified atom stereocenters. The minimum Gasteiger partial charge on any atom is -0.375 e. The molecule has 0 bridgehead atoms. The molecule has 1 aromatic carbocycles. The quantitative estimate of drug-likeness (QED) is 0.241. The van der Waals surface area contributed by atoms with Gasteiger partial charge in [-0.1, -0.05) is 64.4 Å². The van der Waals surface area contributed by atoms with Gasteiger partial charge in [-0.3, -0.25) is 28.8 Å². The summed E-state index contributed by atoms with van der Waals surface area (Å²) in [5, 5.41) is 11.7. The number of amides is 4. The molecule has 2 aliphatic rings. The molecule has 2 heterocycles. The second-order valence-electron chi connectivity index (χ2n) is 12.6. The summed E-state index contributed by atoms with van der Waals surface area (Å²) in [6.45, 7) is 8.91. The molecular formula is C34H48N6O6. The molecule has 2 aliphatic heterocycles. The number of likely N-dealkylation sites (N-methyl/N-ethyl adjacent to an activating group) is 1. The second kappa shape index (κ2) is 16.7. The molecule has 4 atom stereocenters. The average Bonchev–Trinajstić information content (AvgIpc) is 3.01. The molecule has 4 N–H and O–H groups in total. The van der Waals surface area contributed by atoms with Crippen molar-refractivity contribution >= 4 is 35.2 Å². The molecule has 46 heavy (non-hydrogen) atoms. The number of carbonyl (C=O) groups is 6. The molecule has 12 nitrogen and oxygen atoms in total. The fourth-order valence-electron chi connectivity index (χ4n) is 5.60. The fraction of sp³-hybridized carbons (Fsp3) is 0.529. The van der Waals surface area contributed by atoms with Crippen molar-refractivity contribution in [2.24, 2.45) is 11.8 Å². The highest BCUT2D eigenvalue weighted by molar-refractivity contribution is 5.94. The lowest BCUT2D eigenvalue weighted by atomic mass is 9.97. The highest BCUT2D eigenvalue weighted by atomic mass is 16.2. The molecule has 0 fully saturated rings. The Balaban J connectivity index is 1.84. The van der Waals surface area contributed by atoms with Crippen LogP contribution in [0.1, 0.15) is 65.9 Å². The predicted octanol–water partition coefficient (Wildman–Crippen LogP) is 1.77. The second-order valence-corrected chi connectivity index (χ2v) is 12.6. The molecule has 0 saturated heterocycles. The third kappa shape index (κ3) is 10.3. The summed E-state index contributed by atoms with van der Waals surface area (Å²) in [6, 6.07) is 7.02. The number of allylic oxidation sites excluding steroid dienone is 2. The van der Waals surface area contributed by atoms with E-state index in [0.717, 1.165) is 12.0 Å². The van der Waals surface area contributed by atoms with Gasteiger partial charge >= 0.3 is 0 Å². The topological polar surface area (TPSA) is 157 Å². The van der Waals surface area contributed by atoms with Gasteiger partial charge in [0, 0.05) is 57.0 Å². The Kier molecular flexibility index (Phi) is 13.1. The molecule has 0 spiro atoms. The maximum atomic E-state index is 13.9. The van der Waals surface area contributed by atoms with Gasteiger partial charge in [-0.15, -0.1) is 0 Å². The largest absolute Gasteiger partial charge is 0.375 e. The SMILES string of the molecule is CCC(C)C(NC1=CN(C(=O)C(CC(C)C)NC2=CN(C(=O)C(Cc3ccccc3)NC(C)=O)CC(=O)C2)CC(=O)C1)C(=O)NC. The van der Waals surface area contributed by atoms with Crippen LogP contribution in [0.5, 0.6) is 0 Å². The van der Waals surface area contributed by atoms with Crippen LogP contribution in [-0.2, 0) is 35.2 Å². The zero-order valence-electron chi connectivity index (χ0n) is 27.7. The number of ketones is 2. The van der Waals surface area contributed by atoms with Crippen LogP contribution in [0.25, 0.3) is 0 Å². The number of nitrogens with one attached hydrogen (secondary N) is 4. The third-order valence-electron chi connectivity index (χ3n) is 8.06. The van der Waals surface area contributed by atoms with E-state index in [0.29, 0.717) is 17.8 Å². The van der Waals surface area contributed by atoms with Gasteiger partial charge in [0.15, 0.2) is 11.6 Å². The van der Waals surface area contributed by atoms with E-state index in [2.05, 4.69) is 21.3 Å². The lowest BCUT2D eigenvalue weighted by Crippen LogP contribution is -2.52. The third-order valence-corrected chi connectivity index (χ3v) is 8.06. The first-order valence-corrected chi connectivity index (χ1v) is 15.9. The summed E-state index contributed by atoms with van der Waals surface area (Å²) in [6.07, 6.45) is 4.59. The van der Waals surface area contributed by atoms with E-state index in [1.807, 2.05) is 58.0 Å². The van der Waals surface area contributed by atoms with Gasteiger partial charge in [-0.05, 0) is 23.8 Å². The Morgan fingerprint density at radius 3 is 1.87 bits per heavy atom. The monoisotopic (exact) mass is 636 g/mol. The minimum absolute atomic E-state index is 0.000561. The van der Waals surface area contributed by atoms with Crippen molar-refractivity contribution in [2.75, 3.05) is 20.1 Å². The van der Waals surface area contributed by atoms with Crippen LogP contribution >= 0.6 is 0 Å². The number of nitrogens with zero attached hydrogens (tertiary/aromatic N) is 2. The molecular weight excluding hydrogens is 588 g/mol. The van der Waals surface area contributed by atoms with E-state index in [1.165, 1.54) is 22.9 Å². The van der Waals surface area contributed by atoms with Crippen molar-refractivity contribution in [2.45, 2.75) is 84.8 Å². The first-order valence-electron chi connectivity index (χ1n) is 15.9. The summed E-state index contributed by atoms with van der Waals surface area (Å²) in [5.74, 6) is -1.71. The number of benzene rings is 1. The van der Waals surface area contributed by atoms with Crippen LogP contribution in [0, 0.1) is 11.8 Å². The van der Waals surface area contributed by atoms with Gasteiger partial charge < -0.3 is 31.1 Å². The van der Waals surface area contributed by atoms with Crippen LogP contribution in [0.3, 0.4) is 0 Å². The molecule has 0 radical (unpaired) electrons. The van der Waals surface area contributed by atoms with Crippen molar-refractivity contribution in [3.05, 3.63) is 59.7 Å². The van der Waals surface area contributed by atoms with E-state index in [4.69, 9.17) is 0 Å². The maximum Gasteiger partial charge on any atom is 0.249 e. The van der Waals surface area contributed by atoms with Gasteiger partial charge in [0.2, 0.25) is 23.6 Å². The number of hydrogen-bond donors (Lipinski definition) is 4. The Morgan fingerprint density at radius 1 is 0.826 bits per heavy atom. The first-order chi connectivity index (χ1) is 21.8. The normalized spacial score (nSPS) is 17.7. The minimum atomic E-state index is -0.888. The molecule has 0 aromatic heterocycles. The van der Waals surface area contributed by atoms with Crippen LogP contribution in [0.4, 0.5) is 0 Å². The Labute approximate surface area is 271 Å². The van der Waals surface area contributed by atoms with Crippen molar-refractivity contribution in [3.63, 3.8) is 0 Å². The lowest BCUT2D eigenvalue weighted by molar-refractivity contribution is -0.137. The summed E-state index contributed by atoms with van der Waals surface area (Å²) in [7, 11) is 1.56. The molecule has 0 saturated carbocycles. The van der Waals surface area contributed by atoms with E-state index in [1.54, 1.807) is 13.2 Å². The molecule has 0 aliphatic carbocycles. The average molecular weight is 637 g/mol. The number of carbonyl (C=O) groups excluding carboxylic acids is 6. The van der Waals surface area contributed by atoms with Crippen molar-refractivity contribution in [1.29, 1.82) is 0 Å². The Hall–Kier alpha value is -4.48. The van der Waals surface area contributed by atoms with Gasteiger partial charge in [0.25, 0.3) is 0 Å². The van der Waals surface area contributed by atoms with Crippen LogP contribution in [-0.4, -0.2) is 83.3 Å². The van der Waals surface area contributed by atoms with E-state index < -0.39 is 24.0 Å². The maximum absolute atomic E-state index is 13.9. The summed E-state index contributed by atoms with van der Waals surface area (Å²) >= 11 is 0. The predicted molar refractivity (Wildman–Crippen MR) is 173 cm³/mol. The lowest BCUT2D eigenvalue weighted by Gasteiger charge is -2.33. The van der Waals surface area contributed by atoms with Crippen molar-refractivity contribution in [1.82, 2.24) is 31.1 Å². The van der Waals surface area contributed by atoms with Gasteiger partial charge in [-0.25, -0.2) is 0 Å². The molecule has 3 rings (SSSR count). The molecule has 4 amide bonds. The summed E-state index contributed by atoms with van der Waals surface area (Å²) < 4.78 is 0. The molecule has 12 heteroatoms. The van der Waals surface area contributed by atoms with Gasteiger partial charge in [0.1, 0.15) is 18.1 Å². The van der Waals surface area contributed by atoms with Crippen LogP contribution in [0.2, 0.25) is 0 Å². The molecule has 1 aromatic rings. The van der Waals surface area contributed by atoms with Crippen molar-refractivity contribution < 1.29 is 28.8 Å². The van der Waals surface area contributed by atoms with Crippen molar-refractivity contribution in [3.8, 4) is 0 Å². The van der Waals surface area contributed by atoms with Gasteiger partial charge in [0.05, 0.1) is 13.1 Å². The molecule has 250 valence electrons. The summed E-state index contributed by atoms with van der Waals surface area (Å²) in [4.78, 5) is 80.3. The fourth-order valence-corrected chi connectivity index (χ4v) is 5.60. The number of hydrogen-bond acceptors (Lipinski definition) is 8. The van der Waals surface area contributed by atoms with Crippen LogP contribution in [0.15, 0.2) is 54.1 Å². The highest BCUT2D eigenvalue weighted by Gasteiger charge is 2.34. The number of rotatable bonds is 14. The zero-order valence-corrected chi connectivity index (χ0v) is 27.7. The number of Topliss-reactive ketones (excluding diaryl/α,β-unsaturated/α-hetero) is 2. The Bertz CT molecular complexity index is 1360. The zero-order chi connectivity index (χ0) is 34.0. The Morgan fingerprint density at radius 2 is 1.37 bits per heavy atom. The van der Waals surface area contributed by atoms with Crippen LogP contribution < -0.4 is 21.3 Å². The standard InChI is InChI=1S/C34H48N6O6/c1-7-22(4)31(32(44)35-6)38-26-16-28(43)20-40(18-26)33(45)29(13-21(2)3)37-25-15-27(42)19-39(17-25)34(46)30(36-23(5)41)14-24-11-9-8-10-12-24/h8-12,17-18,21-22,29-31,37-38H,7,13-16,19-20H2,1-6H3,(H,35,44)(H,36,41). The summed E-state index contributed by atoms with van der Waals surface area (Å²) in [5.41, 5.74) is 1.73. The van der Waals surface area contributed by atoms with Gasteiger partial charge in [-0.2, -0.15) is 0 Å². The van der Waals surface area contributed by atoms with E-state index in [-0.39, 0.29) is 73.5 Å². The first kappa shape index (κ1) is 36.0. The van der Waals surface area contributed by atoms with E-state index >= 15 is 0 Å². The smallest absolute Gasteiger partial charge is 0.249 e. The van der Waals surface area contributed by atoms with E-state index in [9.17, 15) is 28.8 Å².